The molecule has 4 heteroatoms. The number of hydrogen-bond acceptors (Lipinski definition) is 2. The van der Waals surface area contributed by atoms with E-state index in [0.29, 0.717) is 25.1 Å². The van der Waals surface area contributed by atoms with Crippen molar-refractivity contribution < 1.29 is 9.59 Å². The number of carbonyl (C=O) groups is 2. The van der Waals surface area contributed by atoms with Crippen LogP contribution in [0.1, 0.15) is 45.0 Å². The van der Waals surface area contributed by atoms with Gasteiger partial charge in [0, 0.05) is 36.7 Å². The summed E-state index contributed by atoms with van der Waals surface area (Å²) in [6.07, 6.45) is 1.16. The molecule has 4 aromatic carbocycles. The predicted octanol–water partition coefficient (Wildman–Crippen LogP) is 6.05. The van der Waals surface area contributed by atoms with Gasteiger partial charge >= 0.3 is 0 Å². The first-order chi connectivity index (χ1) is 17.2. The highest BCUT2D eigenvalue weighted by Crippen LogP contribution is 2.29. The minimum absolute atomic E-state index is 0.0194. The van der Waals surface area contributed by atoms with E-state index >= 15 is 0 Å². The number of carbonyl (C=O) groups excluding carboxylic acids is 2. The summed E-state index contributed by atoms with van der Waals surface area (Å²) in [6, 6.07) is 35.7. The van der Waals surface area contributed by atoms with Gasteiger partial charge in [-0.25, -0.2) is 0 Å². The largest absolute Gasteiger partial charge is 0.334 e. The Balaban J connectivity index is 1.30. The summed E-state index contributed by atoms with van der Waals surface area (Å²) < 4.78 is 0. The van der Waals surface area contributed by atoms with Gasteiger partial charge in [0.1, 0.15) is 0 Å². The standard InChI is InChI=1S/C31H28N2O2/c34-30(21-29(24-10-4-1-5-11-24)25-12-6-2-7-13-25)32-28-17-16-23-18-19-33(22-27(23)20-28)31(35)26-14-8-3-9-15-26/h1-17,20,29H,18-19,21-22H2,(H,32,34). The Labute approximate surface area is 206 Å². The van der Waals surface area contributed by atoms with Crippen LogP contribution in [0, 0.1) is 0 Å². The van der Waals surface area contributed by atoms with Crippen molar-refractivity contribution in [3.63, 3.8) is 0 Å². The van der Waals surface area contributed by atoms with E-state index in [4.69, 9.17) is 0 Å². The number of hydrogen-bond donors (Lipinski definition) is 1. The van der Waals surface area contributed by atoms with Crippen LogP contribution < -0.4 is 5.32 Å². The Hall–Kier alpha value is -4.18. The maximum Gasteiger partial charge on any atom is 0.254 e. The molecule has 1 aliphatic rings. The van der Waals surface area contributed by atoms with Gasteiger partial charge in [0.2, 0.25) is 5.91 Å². The maximum atomic E-state index is 13.1. The van der Waals surface area contributed by atoms with Crippen molar-refractivity contribution in [3.8, 4) is 0 Å². The molecule has 174 valence electrons. The molecule has 0 radical (unpaired) electrons. The molecule has 1 N–H and O–H groups in total. The SMILES string of the molecule is O=C(CC(c1ccccc1)c1ccccc1)Nc1ccc2c(c1)CN(C(=O)c1ccccc1)CC2. The van der Waals surface area contributed by atoms with Crippen LogP contribution in [-0.4, -0.2) is 23.3 Å². The number of amides is 2. The Morgan fingerprint density at radius 3 is 1.97 bits per heavy atom. The fraction of sp³-hybridized carbons (Fsp3) is 0.161. The number of rotatable bonds is 6. The second kappa shape index (κ2) is 10.4. The molecule has 0 spiro atoms. The fourth-order valence-corrected chi connectivity index (χ4v) is 4.77. The zero-order valence-electron chi connectivity index (χ0n) is 19.6. The third kappa shape index (κ3) is 5.33. The van der Waals surface area contributed by atoms with Crippen LogP contribution in [0.2, 0.25) is 0 Å². The normalized spacial score (nSPS) is 12.8. The van der Waals surface area contributed by atoms with E-state index in [1.54, 1.807) is 0 Å². The Kier molecular flexibility index (Phi) is 6.71. The molecule has 0 unspecified atom stereocenters. The number of nitrogens with zero attached hydrogens (tertiary/aromatic N) is 1. The highest BCUT2D eigenvalue weighted by atomic mass is 16.2. The Bertz CT molecular complexity index is 1260. The van der Waals surface area contributed by atoms with Crippen molar-refractivity contribution in [1.82, 2.24) is 4.90 Å². The van der Waals surface area contributed by atoms with Gasteiger partial charge in [-0.3, -0.25) is 9.59 Å². The highest BCUT2D eigenvalue weighted by Gasteiger charge is 2.23. The van der Waals surface area contributed by atoms with Gasteiger partial charge in [-0.05, 0) is 52.9 Å². The van der Waals surface area contributed by atoms with Crippen molar-refractivity contribution in [2.75, 3.05) is 11.9 Å². The third-order valence-electron chi connectivity index (χ3n) is 6.60. The molecule has 4 aromatic rings. The van der Waals surface area contributed by atoms with Crippen LogP contribution >= 0.6 is 0 Å². The molecular formula is C31H28N2O2. The van der Waals surface area contributed by atoms with E-state index in [1.807, 2.05) is 83.8 Å². The van der Waals surface area contributed by atoms with E-state index in [1.165, 1.54) is 5.56 Å². The summed E-state index contributed by atoms with van der Waals surface area (Å²) in [5.74, 6) is -0.0102. The lowest BCUT2D eigenvalue weighted by Crippen LogP contribution is -2.36. The van der Waals surface area contributed by atoms with Crippen molar-refractivity contribution in [1.29, 1.82) is 0 Å². The first-order valence-electron chi connectivity index (χ1n) is 12.0. The zero-order valence-corrected chi connectivity index (χ0v) is 19.6. The van der Waals surface area contributed by atoms with Crippen LogP contribution in [0.15, 0.2) is 109 Å². The Morgan fingerprint density at radius 1 is 0.743 bits per heavy atom. The van der Waals surface area contributed by atoms with Gasteiger partial charge in [-0.2, -0.15) is 0 Å². The number of fused-ring (bicyclic) bond motifs is 1. The molecule has 35 heavy (non-hydrogen) atoms. The molecule has 0 saturated carbocycles. The topological polar surface area (TPSA) is 49.4 Å². The summed E-state index contributed by atoms with van der Waals surface area (Å²) in [5.41, 5.74) is 6.02. The van der Waals surface area contributed by atoms with E-state index in [0.717, 1.165) is 28.8 Å². The molecule has 0 aromatic heterocycles. The van der Waals surface area contributed by atoms with E-state index in [9.17, 15) is 9.59 Å². The first-order valence-corrected chi connectivity index (χ1v) is 12.0. The van der Waals surface area contributed by atoms with Gasteiger partial charge in [0.25, 0.3) is 5.91 Å². The van der Waals surface area contributed by atoms with Crippen molar-refractivity contribution in [2.45, 2.75) is 25.3 Å². The maximum absolute atomic E-state index is 13.1. The van der Waals surface area contributed by atoms with Crippen LogP contribution in [0.3, 0.4) is 0 Å². The van der Waals surface area contributed by atoms with Crippen LogP contribution in [-0.2, 0) is 17.8 Å². The van der Waals surface area contributed by atoms with Crippen LogP contribution in [0.4, 0.5) is 5.69 Å². The van der Waals surface area contributed by atoms with Crippen molar-refractivity contribution in [3.05, 3.63) is 137 Å². The van der Waals surface area contributed by atoms with Gasteiger partial charge < -0.3 is 10.2 Å². The molecule has 5 rings (SSSR count). The summed E-state index contributed by atoms with van der Waals surface area (Å²) in [4.78, 5) is 27.9. The lowest BCUT2D eigenvalue weighted by Gasteiger charge is -2.29. The highest BCUT2D eigenvalue weighted by molar-refractivity contribution is 5.94. The second-order valence-corrected chi connectivity index (χ2v) is 8.95. The molecule has 0 bridgehead atoms. The average Bonchev–Trinajstić information content (AvgIpc) is 2.92. The molecule has 1 aliphatic heterocycles. The molecular weight excluding hydrogens is 432 g/mol. The zero-order chi connectivity index (χ0) is 24.0. The monoisotopic (exact) mass is 460 g/mol. The van der Waals surface area contributed by atoms with Crippen LogP contribution in [0.5, 0.6) is 0 Å². The lowest BCUT2D eigenvalue weighted by molar-refractivity contribution is -0.116. The predicted molar refractivity (Wildman–Crippen MR) is 139 cm³/mol. The summed E-state index contributed by atoms with van der Waals surface area (Å²) in [6.45, 7) is 1.24. The average molecular weight is 461 g/mol. The minimum atomic E-state index is -0.0318. The van der Waals surface area contributed by atoms with Crippen LogP contribution in [0.25, 0.3) is 0 Å². The molecule has 2 amide bonds. The minimum Gasteiger partial charge on any atom is -0.334 e. The lowest BCUT2D eigenvalue weighted by atomic mass is 9.88. The summed E-state index contributed by atoms with van der Waals surface area (Å²) in [5, 5.41) is 3.10. The number of benzene rings is 4. The summed E-state index contributed by atoms with van der Waals surface area (Å²) in [7, 11) is 0. The van der Waals surface area contributed by atoms with Gasteiger partial charge in [-0.1, -0.05) is 84.9 Å². The van der Waals surface area contributed by atoms with Gasteiger partial charge in [-0.15, -0.1) is 0 Å². The number of anilines is 1. The van der Waals surface area contributed by atoms with E-state index < -0.39 is 0 Å². The molecule has 0 saturated heterocycles. The quantitative estimate of drug-likeness (QED) is 0.381. The summed E-state index contributed by atoms with van der Waals surface area (Å²) >= 11 is 0. The van der Waals surface area contributed by atoms with E-state index in [2.05, 4.69) is 35.6 Å². The van der Waals surface area contributed by atoms with E-state index in [-0.39, 0.29) is 17.7 Å². The Morgan fingerprint density at radius 2 is 1.34 bits per heavy atom. The number of nitrogens with one attached hydrogen (secondary N) is 1. The molecule has 1 heterocycles. The smallest absolute Gasteiger partial charge is 0.254 e. The van der Waals surface area contributed by atoms with Crippen molar-refractivity contribution >= 4 is 17.5 Å². The molecule has 4 nitrogen and oxygen atoms in total. The third-order valence-corrected chi connectivity index (χ3v) is 6.60. The fourth-order valence-electron chi connectivity index (χ4n) is 4.77. The van der Waals surface area contributed by atoms with Crippen molar-refractivity contribution in [2.24, 2.45) is 0 Å². The second-order valence-electron chi connectivity index (χ2n) is 8.95. The van der Waals surface area contributed by atoms with Gasteiger partial charge in [0.05, 0.1) is 0 Å². The first kappa shape index (κ1) is 22.6. The molecule has 0 fully saturated rings. The molecule has 0 aliphatic carbocycles. The molecule has 0 atom stereocenters. The van der Waals surface area contributed by atoms with Gasteiger partial charge in [0.15, 0.2) is 0 Å².